The van der Waals surface area contributed by atoms with E-state index in [4.69, 9.17) is 9.15 Å². The first-order chi connectivity index (χ1) is 12.3. The second-order valence-corrected chi connectivity index (χ2v) is 7.06. The maximum absolute atomic E-state index is 5.65. The molecule has 0 atom stereocenters. The summed E-state index contributed by atoms with van der Waals surface area (Å²) in [7, 11) is 0. The number of halogens is 1. The molecule has 1 aliphatic carbocycles. The van der Waals surface area contributed by atoms with Gasteiger partial charge < -0.3 is 19.8 Å². The van der Waals surface area contributed by atoms with Gasteiger partial charge in [-0.3, -0.25) is 0 Å². The zero-order valence-corrected chi connectivity index (χ0v) is 18.2. The number of thiophene rings is 1. The molecule has 26 heavy (non-hydrogen) atoms. The van der Waals surface area contributed by atoms with E-state index < -0.39 is 0 Å². The highest BCUT2D eigenvalue weighted by atomic mass is 127. The Kier molecular flexibility index (Phi) is 9.41. The van der Waals surface area contributed by atoms with E-state index in [2.05, 4.69) is 27.5 Å². The quantitative estimate of drug-likeness (QED) is 0.229. The Labute approximate surface area is 175 Å². The van der Waals surface area contributed by atoms with Crippen LogP contribution in [-0.4, -0.2) is 37.2 Å². The van der Waals surface area contributed by atoms with Crippen LogP contribution in [0.15, 0.2) is 33.2 Å². The van der Waals surface area contributed by atoms with Crippen LogP contribution in [0.4, 0.5) is 0 Å². The van der Waals surface area contributed by atoms with Crippen LogP contribution in [0, 0.1) is 5.92 Å². The van der Waals surface area contributed by atoms with Crippen molar-refractivity contribution in [3.8, 4) is 10.8 Å². The van der Waals surface area contributed by atoms with Gasteiger partial charge in [0.1, 0.15) is 12.0 Å². The number of ether oxygens (including phenoxy) is 1. The fourth-order valence-electron chi connectivity index (χ4n) is 2.31. The average Bonchev–Trinajstić information content (AvgIpc) is 3.10. The van der Waals surface area contributed by atoms with Gasteiger partial charge in [0.25, 0.3) is 0 Å². The van der Waals surface area contributed by atoms with Gasteiger partial charge in [-0.15, -0.1) is 35.3 Å². The number of oxazole rings is 1. The Balaban J connectivity index is 0.00000243. The molecule has 0 aromatic carbocycles. The first-order valence-corrected chi connectivity index (χ1v) is 9.81. The summed E-state index contributed by atoms with van der Waals surface area (Å²) in [5.41, 5.74) is 0.827. The van der Waals surface area contributed by atoms with Crippen LogP contribution >= 0.6 is 35.3 Å². The lowest BCUT2D eigenvalue weighted by Crippen LogP contribution is -2.38. The number of rotatable bonds is 10. The third-order valence-electron chi connectivity index (χ3n) is 3.84. The highest BCUT2D eigenvalue weighted by Crippen LogP contribution is 2.28. The summed E-state index contributed by atoms with van der Waals surface area (Å²) >= 11 is 1.62. The SMILES string of the molecule is CCNC(=NCc1coc(-c2cccs2)n1)NCCCOCC1CC1.I. The third-order valence-corrected chi connectivity index (χ3v) is 4.69. The van der Waals surface area contributed by atoms with Crippen molar-refractivity contribution in [1.29, 1.82) is 0 Å². The monoisotopic (exact) mass is 490 g/mol. The van der Waals surface area contributed by atoms with Crippen molar-refractivity contribution in [1.82, 2.24) is 15.6 Å². The molecule has 0 radical (unpaired) electrons. The van der Waals surface area contributed by atoms with E-state index >= 15 is 0 Å². The summed E-state index contributed by atoms with van der Waals surface area (Å²) in [5, 5.41) is 8.59. The number of nitrogens with zero attached hydrogens (tertiary/aromatic N) is 2. The molecule has 3 rings (SSSR count). The average molecular weight is 490 g/mol. The lowest BCUT2D eigenvalue weighted by molar-refractivity contribution is 0.123. The predicted octanol–water partition coefficient (Wildman–Crippen LogP) is 3.89. The van der Waals surface area contributed by atoms with Crippen molar-refractivity contribution in [2.45, 2.75) is 32.7 Å². The van der Waals surface area contributed by atoms with Crippen LogP contribution in [0.5, 0.6) is 0 Å². The molecule has 1 aliphatic rings. The van der Waals surface area contributed by atoms with E-state index in [1.165, 1.54) is 12.8 Å². The van der Waals surface area contributed by atoms with E-state index in [1.54, 1.807) is 17.6 Å². The van der Waals surface area contributed by atoms with E-state index in [0.717, 1.165) is 55.2 Å². The van der Waals surface area contributed by atoms with E-state index in [-0.39, 0.29) is 24.0 Å². The molecule has 8 heteroatoms. The van der Waals surface area contributed by atoms with Gasteiger partial charge in [-0.2, -0.15) is 0 Å². The standard InChI is InChI=1S/C18H26N4O2S.HI/c1-2-19-18(20-8-4-9-23-12-14-6-7-14)21-11-15-13-24-17(22-15)16-5-3-10-25-16;/h3,5,10,13-14H,2,4,6-9,11-12H2,1H3,(H2,19,20,21);1H. The molecule has 0 aliphatic heterocycles. The molecule has 2 aromatic rings. The number of aromatic nitrogens is 1. The van der Waals surface area contributed by atoms with Gasteiger partial charge >= 0.3 is 0 Å². The first kappa shape index (κ1) is 21.2. The second-order valence-electron chi connectivity index (χ2n) is 6.12. The minimum absolute atomic E-state index is 0. The molecule has 0 spiro atoms. The van der Waals surface area contributed by atoms with Crippen LogP contribution in [0.25, 0.3) is 10.8 Å². The van der Waals surface area contributed by atoms with Crippen molar-refractivity contribution in [2.75, 3.05) is 26.3 Å². The number of nitrogens with one attached hydrogen (secondary N) is 2. The topological polar surface area (TPSA) is 71.7 Å². The molecule has 0 saturated heterocycles. The summed E-state index contributed by atoms with van der Waals surface area (Å²) in [6, 6.07) is 3.99. The number of aliphatic imine (C=N–C) groups is 1. The lowest BCUT2D eigenvalue weighted by atomic mass is 10.4. The van der Waals surface area contributed by atoms with E-state index in [1.807, 2.05) is 17.5 Å². The third kappa shape index (κ3) is 7.24. The van der Waals surface area contributed by atoms with Gasteiger partial charge in [-0.1, -0.05) is 6.07 Å². The van der Waals surface area contributed by atoms with Gasteiger partial charge in [-0.05, 0) is 43.6 Å². The fourth-order valence-corrected chi connectivity index (χ4v) is 2.97. The Morgan fingerprint density at radius 2 is 2.31 bits per heavy atom. The van der Waals surface area contributed by atoms with E-state index in [0.29, 0.717) is 12.4 Å². The molecule has 144 valence electrons. The molecule has 0 amide bonds. The highest BCUT2D eigenvalue weighted by molar-refractivity contribution is 14.0. The van der Waals surface area contributed by atoms with Crippen LogP contribution in [0.3, 0.4) is 0 Å². The van der Waals surface area contributed by atoms with Gasteiger partial charge in [0.2, 0.25) is 5.89 Å². The summed E-state index contributed by atoms with van der Waals surface area (Å²) in [6.07, 6.45) is 5.33. The Morgan fingerprint density at radius 1 is 1.42 bits per heavy atom. The molecule has 1 saturated carbocycles. The maximum atomic E-state index is 5.65. The van der Waals surface area contributed by atoms with Gasteiger partial charge in [0.05, 0.1) is 11.4 Å². The number of hydrogen-bond acceptors (Lipinski definition) is 5. The summed E-state index contributed by atoms with van der Waals surface area (Å²) < 4.78 is 11.2. The summed E-state index contributed by atoms with van der Waals surface area (Å²) in [5.74, 6) is 2.28. The van der Waals surface area contributed by atoms with Crippen LogP contribution in [0.2, 0.25) is 0 Å². The number of hydrogen-bond donors (Lipinski definition) is 2. The van der Waals surface area contributed by atoms with Crippen molar-refractivity contribution in [3.05, 3.63) is 29.5 Å². The minimum atomic E-state index is 0. The van der Waals surface area contributed by atoms with Crippen molar-refractivity contribution in [2.24, 2.45) is 10.9 Å². The summed E-state index contributed by atoms with van der Waals surface area (Å²) in [6.45, 7) is 5.94. The summed E-state index contributed by atoms with van der Waals surface area (Å²) in [4.78, 5) is 10.1. The molecule has 2 aromatic heterocycles. The van der Waals surface area contributed by atoms with Crippen LogP contribution in [0.1, 0.15) is 31.9 Å². The predicted molar refractivity (Wildman–Crippen MR) is 116 cm³/mol. The normalized spacial score (nSPS) is 14.1. The van der Waals surface area contributed by atoms with Crippen molar-refractivity contribution >= 4 is 41.3 Å². The van der Waals surface area contributed by atoms with Crippen LogP contribution < -0.4 is 10.6 Å². The highest BCUT2D eigenvalue weighted by Gasteiger charge is 2.20. The van der Waals surface area contributed by atoms with Gasteiger partial charge in [0, 0.05) is 26.3 Å². The molecule has 1 fully saturated rings. The van der Waals surface area contributed by atoms with Gasteiger partial charge in [0.15, 0.2) is 5.96 Å². The Bertz CT molecular complexity index is 656. The molecular weight excluding hydrogens is 463 g/mol. The van der Waals surface area contributed by atoms with Crippen molar-refractivity contribution in [3.63, 3.8) is 0 Å². The van der Waals surface area contributed by atoms with Crippen LogP contribution in [-0.2, 0) is 11.3 Å². The molecule has 2 N–H and O–H groups in total. The Morgan fingerprint density at radius 3 is 3.04 bits per heavy atom. The van der Waals surface area contributed by atoms with E-state index in [9.17, 15) is 0 Å². The minimum Gasteiger partial charge on any atom is -0.443 e. The van der Waals surface area contributed by atoms with Crippen molar-refractivity contribution < 1.29 is 9.15 Å². The molecule has 6 nitrogen and oxygen atoms in total. The first-order valence-electron chi connectivity index (χ1n) is 8.93. The molecular formula is C18H27IN4O2S. The number of guanidine groups is 1. The zero-order chi connectivity index (χ0) is 17.3. The fraction of sp³-hybridized carbons (Fsp3) is 0.556. The smallest absolute Gasteiger partial charge is 0.236 e. The molecule has 0 unspecified atom stereocenters. The molecule has 2 heterocycles. The maximum Gasteiger partial charge on any atom is 0.236 e. The second kappa shape index (κ2) is 11.6. The van der Waals surface area contributed by atoms with Gasteiger partial charge in [-0.25, -0.2) is 9.98 Å². The Hall–Kier alpha value is -1.13. The largest absolute Gasteiger partial charge is 0.443 e. The molecule has 0 bridgehead atoms. The lowest BCUT2D eigenvalue weighted by Gasteiger charge is -2.11. The zero-order valence-electron chi connectivity index (χ0n) is 15.1.